The molecule has 0 spiro atoms. The van der Waals surface area contributed by atoms with Gasteiger partial charge >= 0.3 is 11.9 Å². The second-order valence-electron chi connectivity index (χ2n) is 12.5. The number of carbonyl (C=O) groups is 2. The molecule has 9 heteroatoms. The van der Waals surface area contributed by atoms with Crippen LogP contribution in [0.1, 0.15) is 53.0 Å². The first-order chi connectivity index (χ1) is 24.8. The minimum Gasteiger partial charge on any atom is -0.480 e. The van der Waals surface area contributed by atoms with E-state index in [1.54, 1.807) is 12.1 Å². The molecule has 8 nitrogen and oxygen atoms in total. The van der Waals surface area contributed by atoms with Crippen molar-refractivity contribution in [3.05, 3.63) is 157 Å². The summed E-state index contributed by atoms with van der Waals surface area (Å²) in [5.74, 6) is -2.43. The fourth-order valence-corrected chi connectivity index (χ4v) is 8.26. The quantitative estimate of drug-likeness (QED) is 0.167. The van der Waals surface area contributed by atoms with Crippen molar-refractivity contribution < 1.29 is 19.8 Å². The standard InChI is InChI=1S/C42H33N3O5S/c43-25-35(42(49)50)41-44(26-39(46)47)40(48)38(51-41)16-7-9-27-19-22-37-34(24-27)32-14-8-15-36(32)45(37)31-20-17-28(18-21-31)23-33(29-10-3-1-4-11-29)30-12-5-2-6-13-30/h1-7,9-13,16-24,32,36H,8,14-15,26H2,(H,46,47)(H,49,50)/b9-7+,38-16-,41-35+. The molecule has 0 amide bonds. The molecule has 0 bridgehead atoms. The molecular formula is C42H33N3O5S. The van der Waals surface area contributed by atoms with Gasteiger partial charge < -0.3 is 15.1 Å². The van der Waals surface area contributed by atoms with Crippen molar-refractivity contribution in [1.29, 1.82) is 5.26 Å². The SMILES string of the molecule is N#C/C(C(=O)O)=c1\s/c(=C\C=C\c2ccc3c(c2)C2CCCC2N3c2ccc(C=C(c3ccccc3)c3ccccc3)cc2)c(=O)n1CC(=O)O. The maximum absolute atomic E-state index is 13.0. The third kappa shape index (κ3) is 6.70. The number of aliphatic carboxylic acids is 2. The minimum atomic E-state index is -1.52. The molecule has 1 aromatic heterocycles. The monoisotopic (exact) mass is 691 g/mol. The zero-order valence-electron chi connectivity index (χ0n) is 27.5. The number of allylic oxidation sites excluding steroid dienone is 1. The zero-order valence-corrected chi connectivity index (χ0v) is 28.3. The van der Waals surface area contributed by atoms with Gasteiger partial charge in [0, 0.05) is 23.3 Å². The maximum atomic E-state index is 13.0. The molecule has 0 saturated heterocycles. The Morgan fingerprint density at radius 2 is 1.55 bits per heavy atom. The first-order valence-electron chi connectivity index (χ1n) is 16.7. The van der Waals surface area contributed by atoms with Crippen molar-refractivity contribution in [3.63, 3.8) is 0 Å². The third-order valence-electron chi connectivity index (χ3n) is 9.45. The second-order valence-corrected chi connectivity index (χ2v) is 13.6. The molecule has 2 heterocycles. The van der Waals surface area contributed by atoms with Gasteiger partial charge in [0.1, 0.15) is 17.3 Å². The molecule has 4 aromatic carbocycles. The summed E-state index contributed by atoms with van der Waals surface area (Å²) in [5, 5.41) is 28.0. The zero-order chi connectivity index (χ0) is 35.5. The van der Waals surface area contributed by atoms with Crippen LogP contribution in [0.4, 0.5) is 11.4 Å². The number of fused-ring (bicyclic) bond motifs is 3. The molecule has 1 saturated carbocycles. The predicted molar refractivity (Wildman–Crippen MR) is 201 cm³/mol. The average molecular weight is 692 g/mol. The Labute approximate surface area is 298 Å². The van der Waals surface area contributed by atoms with E-state index in [0.29, 0.717) is 12.0 Å². The minimum absolute atomic E-state index is 0.137. The van der Waals surface area contributed by atoms with E-state index in [0.717, 1.165) is 63.1 Å². The Hall–Kier alpha value is -6.24. The van der Waals surface area contributed by atoms with Crippen molar-refractivity contribution in [1.82, 2.24) is 4.57 Å². The number of carboxylic acid groups (broad SMARTS) is 2. The van der Waals surface area contributed by atoms with E-state index in [9.17, 15) is 29.9 Å². The second kappa shape index (κ2) is 14.3. The van der Waals surface area contributed by atoms with Gasteiger partial charge in [-0.1, -0.05) is 97.4 Å². The van der Waals surface area contributed by atoms with Crippen LogP contribution >= 0.6 is 11.3 Å². The fourth-order valence-electron chi connectivity index (χ4n) is 7.21. The van der Waals surface area contributed by atoms with E-state index in [1.165, 1.54) is 22.9 Å². The topological polar surface area (TPSA) is 124 Å². The van der Waals surface area contributed by atoms with Gasteiger partial charge in [-0.3, -0.25) is 14.2 Å². The van der Waals surface area contributed by atoms with Crippen LogP contribution in [0.5, 0.6) is 0 Å². The normalized spacial score (nSPS) is 17.2. The van der Waals surface area contributed by atoms with Gasteiger partial charge in [-0.05, 0) is 82.6 Å². The number of hydrogen-bond acceptors (Lipinski definition) is 6. The number of aromatic nitrogens is 1. The Morgan fingerprint density at radius 3 is 2.18 bits per heavy atom. The molecule has 2 atom stereocenters. The van der Waals surface area contributed by atoms with Crippen molar-refractivity contribution in [2.24, 2.45) is 0 Å². The number of carboxylic acids is 2. The van der Waals surface area contributed by atoms with Crippen LogP contribution in [0.2, 0.25) is 0 Å². The van der Waals surface area contributed by atoms with E-state index in [1.807, 2.05) is 24.3 Å². The highest BCUT2D eigenvalue weighted by Crippen LogP contribution is 2.52. The van der Waals surface area contributed by atoms with Gasteiger partial charge in [0.25, 0.3) is 5.56 Å². The summed E-state index contributed by atoms with van der Waals surface area (Å²) in [4.78, 5) is 38.4. The number of thiazole rings is 1. The van der Waals surface area contributed by atoms with Crippen LogP contribution in [0.3, 0.4) is 0 Å². The Morgan fingerprint density at radius 1 is 0.882 bits per heavy atom. The molecule has 5 aromatic rings. The molecule has 51 heavy (non-hydrogen) atoms. The number of nitriles is 1. The molecule has 2 unspecified atom stereocenters. The van der Waals surface area contributed by atoms with Gasteiger partial charge in [-0.25, -0.2) is 4.79 Å². The lowest BCUT2D eigenvalue weighted by Crippen LogP contribution is -2.35. The van der Waals surface area contributed by atoms with E-state index in [4.69, 9.17) is 0 Å². The van der Waals surface area contributed by atoms with Crippen molar-refractivity contribution in [2.45, 2.75) is 37.8 Å². The highest BCUT2D eigenvalue weighted by atomic mass is 32.1. The van der Waals surface area contributed by atoms with Crippen LogP contribution in [-0.4, -0.2) is 32.8 Å². The summed E-state index contributed by atoms with van der Waals surface area (Å²) in [6.07, 6.45) is 10.7. The van der Waals surface area contributed by atoms with Crippen LogP contribution in [-0.2, 0) is 16.1 Å². The smallest absolute Gasteiger partial charge is 0.349 e. The summed E-state index contributed by atoms with van der Waals surface area (Å²) in [7, 11) is 0. The summed E-state index contributed by atoms with van der Waals surface area (Å²) in [5.41, 5.74) is 7.87. The Balaban J connectivity index is 1.18. The summed E-state index contributed by atoms with van der Waals surface area (Å²) >= 11 is 0.786. The van der Waals surface area contributed by atoms with Crippen molar-refractivity contribution in [2.75, 3.05) is 4.90 Å². The Kier molecular flexibility index (Phi) is 9.34. The highest BCUT2D eigenvalue weighted by molar-refractivity contribution is 7.07. The maximum Gasteiger partial charge on any atom is 0.349 e. The molecule has 1 aliphatic carbocycles. The van der Waals surface area contributed by atoms with E-state index in [2.05, 4.69) is 95.9 Å². The number of rotatable bonds is 9. The largest absolute Gasteiger partial charge is 0.480 e. The lowest BCUT2D eigenvalue weighted by atomic mass is 9.95. The Bertz CT molecular complexity index is 2380. The lowest BCUT2D eigenvalue weighted by Gasteiger charge is -2.27. The molecule has 252 valence electrons. The molecule has 1 fully saturated rings. The third-order valence-corrected chi connectivity index (χ3v) is 10.6. The van der Waals surface area contributed by atoms with Crippen LogP contribution in [0.15, 0.2) is 114 Å². The number of nitrogens with zero attached hydrogens (tertiary/aromatic N) is 3. The highest BCUT2D eigenvalue weighted by Gasteiger charge is 2.42. The molecule has 1 aliphatic heterocycles. The van der Waals surface area contributed by atoms with Crippen molar-refractivity contribution in [3.8, 4) is 6.07 Å². The number of benzene rings is 4. The number of anilines is 2. The van der Waals surface area contributed by atoms with Gasteiger partial charge in [0.15, 0.2) is 5.57 Å². The van der Waals surface area contributed by atoms with Gasteiger partial charge in [0.05, 0.1) is 4.53 Å². The summed E-state index contributed by atoms with van der Waals surface area (Å²) in [6.45, 7) is -0.744. The number of hydrogen-bond donors (Lipinski definition) is 2. The molecule has 7 rings (SSSR count). The summed E-state index contributed by atoms with van der Waals surface area (Å²) < 4.78 is 0.759. The fraction of sp³-hybridized carbons (Fsp3) is 0.143. The van der Waals surface area contributed by atoms with E-state index >= 15 is 0 Å². The molecular weight excluding hydrogens is 659 g/mol. The predicted octanol–water partition coefficient (Wildman–Crippen LogP) is 6.62. The van der Waals surface area contributed by atoms with E-state index in [-0.39, 0.29) is 9.20 Å². The van der Waals surface area contributed by atoms with E-state index < -0.39 is 29.6 Å². The lowest BCUT2D eigenvalue weighted by molar-refractivity contribution is -0.138. The average Bonchev–Trinajstić information content (AvgIpc) is 3.82. The molecule has 2 aliphatic rings. The summed E-state index contributed by atoms with van der Waals surface area (Å²) in [6, 6.07) is 38.0. The van der Waals surface area contributed by atoms with Gasteiger partial charge in [-0.2, -0.15) is 5.26 Å². The molecule has 0 radical (unpaired) electrons. The van der Waals surface area contributed by atoms with Gasteiger partial charge in [0.2, 0.25) is 0 Å². The van der Waals surface area contributed by atoms with Crippen LogP contribution in [0, 0.1) is 11.3 Å². The first-order valence-corrected chi connectivity index (χ1v) is 17.5. The van der Waals surface area contributed by atoms with Crippen LogP contribution in [0.25, 0.3) is 29.4 Å². The van der Waals surface area contributed by atoms with Crippen molar-refractivity contribution >= 4 is 64.0 Å². The van der Waals surface area contributed by atoms with Gasteiger partial charge in [-0.15, -0.1) is 11.3 Å². The first kappa shape index (κ1) is 33.3. The van der Waals surface area contributed by atoms with Crippen LogP contribution < -0.4 is 19.7 Å². The molecule has 2 N–H and O–H groups in total.